The van der Waals surface area contributed by atoms with Crippen molar-refractivity contribution in [3.05, 3.63) is 57.0 Å². The first kappa shape index (κ1) is 20.0. The molecule has 144 valence electrons. The minimum atomic E-state index is -0.417. The molecule has 0 unspecified atom stereocenters. The molecule has 0 saturated heterocycles. The number of phenols is 3. The lowest BCUT2D eigenvalue weighted by molar-refractivity contribution is -0.119. The molecule has 7 nitrogen and oxygen atoms in total. The fourth-order valence-electron chi connectivity index (χ4n) is 2.55. The summed E-state index contributed by atoms with van der Waals surface area (Å²) in [5.74, 6) is -1.59. The van der Waals surface area contributed by atoms with Gasteiger partial charge in [0.2, 0.25) is 0 Å². The van der Waals surface area contributed by atoms with Crippen LogP contribution in [-0.4, -0.2) is 34.0 Å². The van der Waals surface area contributed by atoms with Gasteiger partial charge in [0.25, 0.3) is 5.91 Å². The van der Waals surface area contributed by atoms with E-state index in [1.54, 1.807) is 0 Å². The number of carbonyl (C=O) groups is 1. The van der Waals surface area contributed by atoms with Crippen molar-refractivity contribution < 1.29 is 20.1 Å². The number of hydrazone groups is 1. The molecule has 0 spiro atoms. The fraction of sp³-hybridized carbons (Fsp3) is 0.0526. The molecule has 0 fully saturated rings. The molecule has 0 heterocycles. The molecule has 3 aromatic rings. The van der Waals surface area contributed by atoms with Gasteiger partial charge in [-0.1, -0.05) is 36.4 Å². The average Bonchev–Trinajstić information content (AvgIpc) is 2.71. The topological polar surface area (TPSA) is 114 Å². The molecule has 0 radical (unpaired) electrons. The minimum absolute atomic E-state index is 0.0115. The van der Waals surface area contributed by atoms with Crippen molar-refractivity contribution in [1.82, 2.24) is 5.43 Å². The number of rotatable bonds is 5. The Morgan fingerprint density at radius 3 is 2.32 bits per heavy atom. The van der Waals surface area contributed by atoms with Crippen LogP contribution in [0, 0.1) is 0 Å². The number of nitrogens with zero attached hydrogens (tertiary/aromatic N) is 1. The number of hydrogen-bond acceptors (Lipinski definition) is 6. The van der Waals surface area contributed by atoms with Gasteiger partial charge in [-0.2, -0.15) is 5.10 Å². The second-order valence-electron chi connectivity index (χ2n) is 5.76. The number of fused-ring (bicyclic) bond motifs is 1. The Kier molecular flexibility index (Phi) is 6.05. The summed E-state index contributed by atoms with van der Waals surface area (Å²) in [5.41, 5.74) is 3.06. The first-order valence-corrected chi connectivity index (χ1v) is 9.64. The predicted octanol–water partition coefficient (Wildman–Crippen LogP) is 4.04. The van der Waals surface area contributed by atoms with Crippen molar-refractivity contribution in [1.29, 1.82) is 0 Å². The van der Waals surface area contributed by atoms with Crippen LogP contribution < -0.4 is 10.7 Å². The van der Waals surface area contributed by atoms with E-state index in [0.717, 1.165) is 22.7 Å². The summed E-state index contributed by atoms with van der Waals surface area (Å²) in [7, 11) is 0. The Balaban J connectivity index is 1.67. The highest BCUT2D eigenvalue weighted by atomic mass is 79.9. The number of anilines is 1. The van der Waals surface area contributed by atoms with E-state index in [2.05, 4.69) is 47.7 Å². The lowest BCUT2D eigenvalue weighted by atomic mass is 10.1. The van der Waals surface area contributed by atoms with Gasteiger partial charge in [0, 0.05) is 11.1 Å². The summed E-state index contributed by atoms with van der Waals surface area (Å²) in [6.45, 7) is -0.0215. The minimum Gasteiger partial charge on any atom is -0.506 e. The third kappa shape index (κ3) is 4.05. The Morgan fingerprint density at radius 2 is 1.61 bits per heavy atom. The van der Waals surface area contributed by atoms with E-state index < -0.39 is 17.4 Å². The van der Waals surface area contributed by atoms with Crippen LogP contribution in [0.3, 0.4) is 0 Å². The monoisotopic (exact) mass is 507 g/mol. The highest BCUT2D eigenvalue weighted by molar-refractivity contribution is 9.11. The van der Waals surface area contributed by atoms with Gasteiger partial charge in [0.1, 0.15) is 20.4 Å². The molecular weight excluding hydrogens is 494 g/mol. The van der Waals surface area contributed by atoms with Gasteiger partial charge >= 0.3 is 0 Å². The van der Waals surface area contributed by atoms with E-state index in [-0.39, 0.29) is 26.8 Å². The molecule has 3 aromatic carbocycles. The van der Waals surface area contributed by atoms with Crippen LogP contribution in [0.2, 0.25) is 0 Å². The molecule has 0 saturated carbocycles. The summed E-state index contributed by atoms with van der Waals surface area (Å²) < 4.78 is -0.0230. The Hall–Kier alpha value is -2.78. The van der Waals surface area contributed by atoms with Gasteiger partial charge in [-0.05, 0) is 43.3 Å². The summed E-state index contributed by atoms with van der Waals surface area (Å²) in [4.78, 5) is 12.0. The van der Waals surface area contributed by atoms with Crippen LogP contribution >= 0.6 is 31.9 Å². The van der Waals surface area contributed by atoms with Gasteiger partial charge < -0.3 is 20.6 Å². The van der Waals surface area contributed by atoms with Crippen molar-refractivity contribution in [3.63, 3.8) is 0 Å². The average molecular weight is 509 g/mol. The summed E-state index contributed by atoms with van der Waals surface area (Å²) in [6, 6.07) is 13.6. The molecule has 28 heavy (non-hydrogen) atoms. The maximum atomic E-state index is 12.0. The lowest BCUT2D eigenvalue weighted by Crippen LogP contribution is -2.25. The zero-order valence-corrected chi connectivity index (χ0v) is 17.5. The molecule has 1 amide bonds. The van der Waals surface area contributed by atoms with Crippen molar-refractivity contribution in [2.45, 2.75) is 0 Å². The lowest BCUT2D eigenvalue weighted by Gasteiger charge is -2.10. The zero-order valence-electron chi connectivity index (χ0n) is 14.3. The third-order valence-corrected chi connectivity index (χ3v) is 5.46. The number of nitrogens with one attached hydrogen (secondary N) is 2. The van der Waals surface area contributed by atoms with Gasteiger partial charge in [-0.3, -0.25) is 4.79 Å². The second kappa shape index (κ2) is 8.49. The molecule has 3 rings (SSSR count). The van der Waals surface area contributed by atoms with Crippen LogP contribution in [0.25, 0.3) is 10.8 Å². The Bertz CT molecular complexity index is 1050. The molecule has 0 aliphatic carbocycles. The van der Waals surface area contributed by atoms with Gasteiger partial charge in [0.15, 0.2) is 5.75 Å². The maximum Gasteiger partial charge on any atom is 0.259 e. The molecule has 0 aliphatic rings. The Labute approximate surface area is 177 Å². The van der Waals surface area contributed by atoms with Crippen LogP contribution in [0.5, 0.6) is 17.2 Å². The smallest absolute Gasteiger partial charge is 0.259 e. The van der Waals surface area contributed by atoms with Crippen molar-refractivity contribution in [2.75, 3.05) is 11.9 Å². The van der Waals surface area contributed by atoms with Gasteiger partial charge in [-0.15, -0.1) is 0 Å². The summed E-state index contributed by atoms with van der Waals surface area (Å²) >= 11 is 6.01. The fourth-order valence-corrected chi connectivity index (χ4v) is 3.64. The van der Waals surface area contributed by atoms with Crippen LogP contribution in [-0.2, 0) is 4.79 Å². The number of aromatic hydroxyl groups is 3. The van der Waals surface area contributed by atoms with Crippen LogP contribution in [0.4, 0.5) is 5.69 Å². The Morgan fingerprint density at radius 1 is 0.964 bits per heavy atom. The first-order chi connectivity index (χ1) is 13.4. The normalized spacial score (nSPS) is 11.1. The molecule has 9 heteroatoms. The van der Waals surface area contributed by atoms with E-state index in [0.29, 0.717) is 0 Å². The number of phenolic OH excluding ortho intramolecular Hbond substituents is 3. The summed E-state index contributed by atoms with van der Waals surface area (Å²) in [6.07, 6.45) is 1.08. The standard InChI is InChI=1S/C19H15Br2N3O4/c20-15-17(26)12(18(27)16(21)19(15)28)8-23-24-14(25)9-22-13-7-3-5-10-4-1-2-6-11(10)13/h1-8,22,26-28H,9H2,(H,24,25)/b23-8+. The molecule has 5 N–H and O–H groups in total. The zero-order chi connectivity index (χ0) is 20.3. The predicted molar refractivity (Wildman–Crippen MR) is 115 cm³/mol. The number of carbonyl (C=O) groups excluding carboxylic acids is 1. The quantitative estimate of drug-likeness (QED) is 0.263. The van der Waals surface area contributed by atoms with Crippen LogP contribution in [0.15, 0.2) is 56.5 Å². The van der Waals surface area contributed by atoms with Crippen molar-refractivity contribution in [2.24, 2.45) is 5.10 Å². The highest BCUT2D eigenvalue weighted by Gasteiger charge is 2.19. The first-order valence-electron chi connectivity index (χ1n) is 8.05. The number of amides is 1. The van der Waals surface area contributed by atoms with E-state index in [1.807, 2.05) is 42.5 Å². The van der Waals surface area contributed by atoms with Crippen molar-refractivity contribution in [3.8, 4) is 17.2 Å². The molecule has 0 atom stereocenters. The molecule has 0 aliphatic heterocycles. The number of benzene rings is 3. The molecule has 0 aromatic heterocycles. The van der Waals surface area contributed by atoms with Gasteiger partial charge in [-0.25, -0.2) is 5.43 Å². The second-order valence-corrected chi connectivity index (χ2v) is 7.35. The van der Waals surface area contributed by atoms with E-state index in [4.69, 9.17) is 0 Å². The van der Waals surface area contributed by atoms with E-state index in [9.17, 15) is 20.1 Å². The van der Waals surface area contributed by atoms with E-state index in [1.165, 1.54) is 0 Å². The molecule has 0 bridgehead atoms. The summed E-state index contributed by atoms with van der Waals surface area (Å²) in [5, 5.41) is 38.6. The SMILES string of the molecule is O=C(CNc1cccc2ccccc12)N/N=C/c1c(O)c(Br)c(O)c(Br)c1O. The number of halogens is 2. The van der Waals surface area contributed by atoms with E-state index >= 15 is 0 Å². The van der Waals surface area contributed by atoms with Crippen molar-refractivity contribution >= 4 is 60.4 Å². The number of hydrogen-bond donors (Lipinski definition) is 5. The largest absolute Gasteiger partial charge is 0.506 e. The highest BCUT2D eigenvalue weighted by Crippen LogP contribution is 2.47. The maximum absolute atomic E-state index is 12.0. The van der Waals surface area contributed by atoms with Crippen LogP contribution in [0.1, 0.15) is 5.56 Å². The molecular formula is C19H15Br2N3O4. The third-order valence-electron chi connectivity index (χ3n) is 3.95. The van der Waals surface area contributed by atoms with Gasteiger partial charge in [0.05, 0.1) is 18.3 Å².